The van der Waals surface area contributed by atoms with Crippen molar-refractivity contribution in [3.05, 3.63) is 23.3 Å². The van der Waals surface area contributed by atoms with Crippen LogP contribution >= 0.6 is 0 Å². The Morgan fingerprint density at radius 1 is 1.33 bits per heavy atom. The van der Waals surface area contributed by atoms with Gasteiger partial charge in [0.25, 0.3) is 0 Å². The summed E-state index contributed by atoms with van der Waals surface area (Å²) in [6, 6.07) is 0. The van der Waals surface area contributed by atoms with Gasteiger partial charge in [-0.25, -0.2) is 0 Å². The third-order valence-electron chi connectivity index (χ3n) is 2.63. The van der Waals surface area contributed by atoms with Gasteiger partial charge in [0.1, 0.15) is 0 Å². The Bertz CT molecular complexity index is 201. The van der Waals surface area contributed by atoms with Crippen molar-refractivity contribution in [2.45, 2.75) is 27.2 Å². The van der Waals surface area contributed by atoms with Gasteiger partial charge in [0.15, 0.2) is 0 Å². The molecular weight excluding hydrogens is 146 g/mol. The lowest BCUT2D eigenvalue weighted by atomic mass is 9.92. The zero-order chi connectivity index (χ0) is 8.97. The first kappa shape index (κ1) is 9.53. The van der Waals surface area contributed by atoms with E-state index in [2.05, 4.69) is 38.2 Å². The molecule has 1 saturated heterocycles. The third-order valence-corrected chi connectivity index (χ3v) is 2.63. The normalized spacial score (nSPS) is 32.4. The van der Waals surface area contributed by atoms with Crippen LogP contribution in [0.15, 0.2) is 23.3 Å². The van der Waals surface area contributed by atoms with Crippen molar-refractivity contribution in [3.63, 3.8) is 0 Å². The first-order valence-corrected chi connectivity index (χ1v) is 4.82. The predicted octanol–water partition coefficient (Wildman–Crippen LogP) is 2.51. The van der Waals surface area contributed by atoms with E-state index < -0.39 is 0 Å². The second-order valence-corrected chi connectivity index (χ2v) is 3.42. The van der Waals surface area contributed by atoms with Gasteiger partial charge in [-0.2, -0.15) is 0 Å². The number of allylic oxidation sites excluding steroid dienone is 2. The molecule has 1 unspecified atom stereocenters. The van der Waals surface area contributed by atoms with E-state index in [1.807, 2.05) is 0 Å². The molecule has 1 aliphatic heterocycles. The molecule has 0 radical (unpaired) electrons. The van der Waals surface area contributed by atoms with Crippen LogP contribution in [0.3, 0.4) is 0 Å². The molecule has 0 aliphatic carbocycles. The molecule has 1 N–H and O–H groups in total. The minimum Gasteiger partial charge on any atom is -0.313 e. The van der Waals surface area contributed by atoms with Gasteiger partial charge < -0.3 is 5.32 Å². The van der Waals surface area contributed by atoms with Crippen molar-refractivity contribution in [1.29, 1.82) is 0 Å². The lowest BCUT2D eigenvalue weighted by Crippen LogP contribution is -2.15. The summed E-state index contributed by atoms with van der Waals surface area (Å²) in [5, 5.41) is 3.43. The van der Waals surface area contributed by atoms with E-state index in [0.717, 1.165) is 19.0 Å². The third kappa shape index (κ3) is 1.98. The zero-order valence-electron chi connectivity index (χ0n) is 8.35. The highest BCUT2D eigenvalue weighted by atomic mass is 14.9. The Hall–Kier alpha value is -0.560. The van der Waals surface area contributed by atoms with Crippen LogP contribution in [-0.4, -0.2) is 13.1 Å². The van der Waals surface area contributed by atoms with E-state index in [-0.39, 0.29) is 0 Å². The first-order chi connectivity index (χ1) is 5.79. The lowest BCUT2D eigenvalue weighted by Gasteiger charge is -2.13. The average molecular weight is 165 g/mol. The molecule has 1 heteroatoms. The average Bonchev–Trinajstić information content (AvgIpc) is 2.26. The molecule has 1 nitrogen and oxygen atoms in total. The van der Waals surface area contributed by atoms with Crippen molar-refractivity contribution < 1.29 is 0 Å². The first-order valence-electron chi connectivity index (χ1n) is 4.82. The molecule has 0 amide bonds. The van der Waals surface area contributed by atoms with Crippen LogP contribution in [0, 0.1) is 5.92 Å². The molecule has 1 aliphatic rings. The van der Waals surface area contributed by atoms with E-state index in [9.17, 15) is 0 Å². The minimum atomic E-state index is 0.719. The van der Waals surface area contributed by atoms with Gasteiger partial charge in [-0.3, -0.25) is 0 Å². The zero-order valence-corrected chi connectivity index (χ0v) is 8.35. The van der Waals surface area contributed by atoms with Crippen LogP contribution < -0.4 is 5.32 Å². The van der Waals surface area contributed by atoms with Crippen LogP contribution in [0.25, 0.3) is 0 Å². The Morgan fingerprint density at radius 2 is 2.08 bits per heavy atom. The maximum Gasteiger partial charge on any atom is 0.0204 e. The van der Waals surface area contributed by atoms with Crippen molar-refractivity contribution in [3.8, 4) is 0 Å². The fraction of sp³-hybridized carbons (Fsp3) is 0.636. The van der Waals surface area contributed by atoms with E-state index >= 15 is 0 Å². The SMILES string of the molecule is C/C=C1\C(=C/C)CNCCC1C. The van der Waals surface area contributed by atoms with Crippen molar-refractivity contribution in [1.82, 2.24) is 5.32 Å². The number of hydrogen-bond donors (Lipinski definition) is 1. The van der Waals surface area contributed by atoms with Crippen LogP contribution in [0.5, 0.6) is 0 Å². The highest BCUT2D eigenvalue weighted by Crippen LogP contribution is 2.23. The molecule has 68 valence electrons. The summed E-state index contributed by atoms with van der Waals surface area (Å²) >= 11 is 0. The molecular formula is C11H19N. The maximum atomic E-state index is 3.43. The van der Waals surface area contributed by atoms with Gasteiger partial charge >= 0.3 is 0 Å². The molecule has 1 rings (SSSR count). The molecule has 12 heavy (non-hydrogen) atoms. The van der Waals surface area contributed by atoms with E-state index in [4.69, 9.17) is 0 Å². The standard InChI is InChI=1S/C11H19N/c1-4-10-8-12-7-6-9(3)11(10)5-2/h4-5,9,12H,6-8H2,1-3H3/b10-4-,11-5-. The Kier molecular flexibility index (Phi) is 3.54. The fourth-order valence-corrected chi connectivity index (χ4v) is 1.85. The van der Waals surface area contributed by atoms with Gasteiger partial charge in [-0.15, -0.1) is 0 Å². The van der Waals surface area contributed by atoms with Gasteiger partial charge in [-0.1, -0.05) is 19.1 Å². The number of hydrogen-bond acceptors (Lipinski definition) is 1. The summed E-state index contributed by atoms with van der Waals surface area (Å²) in [4.78, 5) is 0. The minimum absolute atomic E-state index is 0.719. The summed E-state index contributed by atoms with van der Waals surface area (Å²) in [6.45, 7) is 8.77. The molecule has 1 atom stereocenters. The van der Waals surface area contributed by atoms with Crippen LogP contribution in [-0.2, 0) is 0 Å². The van der Waals surface area contributed by atoms with Gasteiger partial charge in [-0.05, 0) is 43.9 Å². The quantitative estimate of drug-likeness (QED) is 0.581. The summed E-state index contributed by atoms with van der Waals surface area (Å²) in [7, 11) is 0. The second-order valence-electron chi connectivity index (χ2n) is 3.42. The smallest absolute Gasteiger partial charge is 0.0204 e. The number of nitrogens with one attached hydrogen (secondary N) is 1. The molecule has 1 fully saturated rings. The molecule has 0 bridgehead atoms. The molecule has 0 spiro atoms. The fourth-order valence-electron chi connectivity index (χ4n) is 1.85. The van der Waals surface area contributed by atoms with Crippen LogP contribution in [0.4, 0.5) is 0 Å². The van der Waals surface area contributed by atoms with Crippen molar-refractivity contribution in [2.75, 3.05) is 13.1 Å². The molecule has 0 aromatic rings. The van der Waals surface area contributed by atoms with E-state index in [0.29, 0.717) is 0 Å². The van der Waals surface area contributed by atoms with Crippen LogP contribution in [0.2, 0.25) is 0 Å². The lowest BCUT2D eigenvalue weighted by molar-refractivity contribution is 0.610. The maximum absolute atomic E-state index is 3.43. The summed E-state index contributed by atoms with van der Waals surface area (Å²) in [5.74, 6) is 0.719. The van der Waals surface area contributed by atoms with Gasteiger partial charge in [0, 0.05) is 6.54 Å². The highest BCUT2D eigenvalue weighted by Gasteiger charge is 2.14. The summed E-state index contributed by atoms with van der Waals surface area (Å²) < 4.78 is 0. The highest BCUT2D eigenvalue weighted by molar-refractivity contribution is 5.33. The molecule has 0 aromatic carbocycles. The van der Waals surface area contributed by atoms with E-state index in [1.165, 1.54) is 17.6 Å². The second kappa shape index (κ2) is 4.46. The van der Waals surface area contributed by atoms with Crippen molar-refractivity contribution in [2.24, 2.45) is 5.92 Å². The topological polar surface area (TPSA) is 12.0 Å². The van der Waals surface area contributed by atoms with Gasteiger partial charge in [0.2, 0.25) is 0 Å². The molecule has 1 heterocycles. The molecule has 0 aromatic heterocycles. The monoisotopic (exact) mass is 165 g/mol. The summed E-state index contributed by atoms with van der Waals surface area (Å²) in [5.41, 5.74) is 3.00. The Morgan fingerprint density at radius 3 is 2.67 bits per heavy atom. The van der Waals surface area contributed by atoms with E-state index in [1.54, 1.807) is 0 Å². The summed E-state index contributed by atoms with van der Waals surface area (Å²) in [6.07, 6.45) is 5.74. The van der Waals surface area contributed by atoms with Gasteiger partial charge in [0.05, 0.1) is 0 Å². The Labute approximate surface area is 75.6 Å². The molecule has 0 saturated carbocycles. The van der Waals surface area contributed by atoms with Crippen molar-refractivity contribution >= 4 is 0 Å². The van der Waals surface area contributed by atoms with Crippen LogP contribution in [0.1, 0.15) is 27.2 Å². The predicted molar refractivity (Wildman–Crippen MR) is 54.2 cm³/mol. The Balaban J connectivity index is 2.85. The number of rotatable bonds is 0. The largest absolute Gasteiger partial charge is 0.313 e.